The summed E-state index contributed by atoms with van der Waals surface area (Å²) in [5.74, 6) is 0.663. The largest absolute Gasteiger partial charge is 0.361 e. The van der Waals surface area contributed by atoms with Gasteiger partial charge in [-0.2, -0.15) is 0 Å². The van der Waals surface area contributed by atoms with Crippen molar-refractivity contribution in [3.05, 3.63) is 76.7 Å². The number of carbonyl (C=O) groups excluding carboxylic acids is 1. The summed E-state index contributed by atoms with van der Waals surface area (Å²) in [5, 5.41) is 6.93. The van der Waals surface area contributed by atoms with Crippen LogP contribution < -0.4 is 5.32 Å². The fourth-order valence-corrected chi connectivity index (χ4v) is 3.28. The number of aromatic nitrogens is 1. The maximum absolute atomic E-state index is 12.4. The molecule has 2 aromatic carbocycles. The van der Waals surface area contributed by atoms with E-state index in [0.717, 1.165) is 34.5 Å². The molecule has 0 aliphatic carbocycles. The summed E-state index contributed by atoms with van der Waals surface area (Å²) in [6.45, 7) is 5.09. The first-order chi connectivity index (χ1) is 13.4. The molecular formula is C23H27N3O2. The molecule has 0 saturated heterocycles. The normalized spacial score (nSPS) is 11.0. The van der Waals surface area contributed by atoms with Crippen LogP contribution in [-0.4, -0.2) is 30.1 Å². The van der Waals surface area contributed by atoms with Crippen molar-refractivity contribution >= 4 is 5.91 Å². The van der Waals surface area contributed by atoms with E-state index in [-0.39, 0.29) is 12.3 Å². The van der Waals surface area contributed by atoms with Gasteiger partial charge in [0.25, 0.3) is 0 Å². The Morgan fingerprint density at radius 2 is 1.79 bits per heavy atom. The lowest BCUT2D eigenvalue weighted by atomic mass is 9.98. The van der Waals surface area contributed by atoms with Crippen molar-refractivity contribution in [2.24, 2.45) is 0 Å². The number of benzene rings is 2. The summed E-state index contributed by atoms with van der Waals surface area (Å²) in [6.07, 6.45) is 0.280. The average Bonchev–Trinajstić information content (AvgIpc) is 2.99. The predicted octanol–water partition coefficient (Wildman–Crippen LogP) is 3.88. The molecule has 1 aromatic heterocycles. The summed E-state index contributed by atoms with van der Waals surface area (Å²) >= 11 is 0. The van der Waals surface area contributed by atoms with Gasteiger partial charge in [0.2, 0.25) is 5.91 Å². The molecule has 0 atom stereocenters. The van der Waals surface area contributed by atoms with E-state index in [2.05, 4.69) is 65.9 Å². The molecule has 0 saturated carbocycles. The van der Waals surface area contributed by atoms with E-state index in [1.807, 2.05) is 26.0 Å². The Morgan fingerprint density at radius 1 is 1.07 bits per heavy atom. The molecule has 1 N–H and O–H groups in total. The van der Waals surface area contributed by atoms with Gasteiger partial charge in [-0.15, -0.1) is 0 Å². The van der Waals surface area contributed by atoms with Crippen molar-refractivity contribution in [3.8, 4) is 11.1 Å². The Balaban J connectivity index is 1.69. The quantitative estimate of drug-likeness (QED) is 0.679. The van der Waals surface area contributed by atoms with Gasteiger partial charge in [-0.1, -0.05) is 53.7 Å². The molecule has 0 fully saturated rings. The number of hydrogen-bond acceptors (Lipinski definition) is 4. The third-order valence-electron chi connectivity index (χ3n) is 4.78. The second kappa shape index (κ2) is 8.85. The van der Waals surface area contributed by atoms with Crippen LogP contribution >= 0.6 is 0 Å². The molecule has 3 aromatic rings. The van der Waals surface area contributed by atoms with Gasteiger partial charge in [0.1, 0.15) is 5.76 Å². The van der Waals surface area contributed by atoms with E-state index < -0.39 is 0 Å². The number of hydrogen-bond donors (Lipinski definition) is 1. The predicted molar refractivity (Wildman–Crippen MR) is 111 cm³/mol. The molecule has 3 rings (SSSR count). The molecule has 0 unspecified atom stereocenters. The van der Waals surface area contributed by atoms with Crippen LogP contribution in [0.4, 0.5) is 0 Å². The van der Waals surface area contributed by atoms with Crippen LogP contribution in [-0.2, 0) is 24.3 Å². The summed E-state index contributed by atoms with van der Waals surface area (Å²) < 4.78 is 5.14. The van der Waals surface area contributed by atoms with Crippen LogP contribution in [0.2, 0.25) is 0 Å². The van der Waals surface area contributed by atoms with Crippen molar-refractivity contribution < 1.29 is 9.32 Å². The molecule has 0 bridgehead atoms. The highest BCUT2D eigenvalue weighted by Gasteiger charge is 2.14. The first kappa shape index (κ1) is 19.8. The Morgan fingerprint density at radius 3 is 2.43 bits per heavy atom. The zero-order chi connectivity index (χ0) is 20.1. The molecular weight excluding hydrogens is 350 g/mol. The summed E-state index contributed by atoms with van der Waals surface area (Å²) in [5.41, 5.74) is 6.29. The molecule has 0 radical (unpaired) electrons. The number of rotatable bonds is 7. The van der Waals surface area contributed by atoms with Gasteiger partial charge in [0.15, 0.2) is 0 Å². The first-order valence-electron chi connectivity index (χ1n) is 9.44. The van der Waals surface area contributed by atoms with Crippen LogP contribution in [0.15, 0.2) is 53.1 Å². The van der Waals surface area contributed by atoms with E-state index in [1.54, 1.807) is 0 Å². The zero-order valence-electron chi connectivity index (χ0n) is 17.0. The maximum atomic E-state index is 12.4. The van der Waals surface area contributed by atoms with E-state index in [1.165, 1.54) is 5.56 Å². The lowest BCUT2D eigenvalue weighted by Gasteiger charge is -2.13. The standard InChI is InChI=1S/C23H27N3O2/c1-16-22(17(2)28-25-16)13-23(27)24-14-20-7-5-6-8-21(20)19-11-9-18(10-12-19)15-26(3)4/h5-12H,13-15H2,1-4H3,(H,24,27). The molecule has 0 spiro atoms. The van der Waals surface area contributed by atoms with E-state index in [4.69, 9.17) is 4.52 Å². The Bertz CT molecular complexity index is 923. The molecule has 5 heteroatoms. The number of nitrogens with one attached hydrogen (secondary N) is 1. The van der Waals surface area contributed by atoms with Crippen LogP contribution in [0.25, 0.3) is 11.1 Å². The average molecular weight is 377 g/mol. The molecule has 0 aliphatic heterocycles. The van der Waals surface area contributed by atoms with E-state index >= 15 is 0 Å². The first-order valence-corrected chi connectivity index (χ1v) is 9.44. The molecule has 1 heterocycles. The minimum atomic E-state index is -0.0365. The fourth-order valence-electron chi connectivity index (χ4n) is 3.28. The molecule has 0 aliphatic rings. The highest BCUT2D eigenvalue weighted by atomic mass is 16.5. The van der Waals surface area contributed by atoms with Crippen LogP contribution in [0.1, 0.15) is 28.1 Å². The Labute approximate surface area is 166 Å². The minimum Gasteiger partial charge on any atom is -0.361 e. The smallest absolute Gasteiger partial charge is 0.224 e. The lowest BCUT2D eigenvalue weighted by molar-refractivity contribution is -0.120. The topological polar surface area (TPSA) is 58.4 Å². The molecule has 5 nitrogen and oxygen atoms in total. The maximum Gasteiger partial charge on any atom is 0.224 e. The van der Waals surface area contributed by atoms with Gasteiger partial charge in [0, 0.05) is 18.7 Å². The number of nitrogens with zero attached hydrogens (tertiary/aromatic N) is 2. The van der Waals surface area contributed by atoms with Crippen LogP contribution in [0, 0.1) is 13.8 Å². The van der Waals surface area contributed by atoms with Gasteiger partial charge < -0.3 is 14.7 Å². The summed E-state index contributed by atoms with van der Waals surface area (Å²) in [7, 11) is 4.13. The van der Waals surface area contributed by atoms with Crippen molar-refractivity contribution in [1.82, 2.24) is 15.4 Å². The fraction of sp³-hybridized carbons (Fsp3) is 0.304. The summed E-state index contributed by atoms with van der Waals surface area (Å²) in [4.78, 5) is 14.5. The third-order valence-corrected chi connectivity index (χ3v) is 4.78. The number of aryl methyl sites for hydroxylation is 2. The minimum absolute atomic E-state index is 0.0365. The highest BCUT2D eigenvalue weighted by molar-refractivity contribution is 5.79. The van der Waals surface area contributed by atoms with Crippen LogP contribution in [0.5, 0.6) is 0 Å². The molecule has 146 valence electrons. The van der Waals surface area contributed by atoms with Crippen molar-refractivity contribution in [3.63, 3.8) is 0 Å². The number of amides is 1. The second-order valence-corrected chi connectivity index (χ2v) is 7.35. The molecule has 28 heavy (non-hydrogen) atoms. The SMILES string of the molecule is Cc1noc(C)c1CC(=O)NCc1ccccc1-c1ccc(CN(C)C)cc1. The van der Waals surface area contributed by atoms with Gasteiger partial charge >= 0.3 is 0 Å². The molecule has 1 amide bonds. The Hall–Kier alpha value is -2.92. The van der Waals surface area contributed by atoms with Gasteiger partial charge in [-0.05, 0) is 50.2 Å². The van der Waals surface area contributed by atoms with Gasteiger partial charge in [-0.3, -0.25) is 4.79 Å². The second-order valence-electron chi connectivity index (χ2n) is 7.35. The Kier molecular flexibility index (Phi) is 6.26. The highest BCUT2D eigenvalue weighted by Crippen LogP contribution is 2.24. The van der Waals surface area contributed by atoms with Crippen molar-refractivity contribution in [2.75, 3.05) is 14.1 Å². The summed E-state index contributed by atoms with van der Waals surface area (Å²) in [6, 6.07) is 16.8. The number of carbonyl (C=O) groups is 1. The van der Waals surface area contributed by atoms with E-state index in [0.29, 0.717) is 12.3 Å². The van der Waals surface area contributed by atoms with Crippen molar-refractivity contribution in [1.29, 1.82) is 0 Å². The van der Waals surface area contributed by atoms with Gasteiger partial charge in [0.05, 0.1) is 12.1 Å². The van der Waals surface area contributed by atoms with Crippen LogP contribution in [0.3, 0.4) is 0 Å². The third kappa shape index (κ3) is 4.87. The van der Waals surface area contributed by atoms with Crippen molar-refractivity contribution in [2.45, 2.75) is 33.4 Å². The lowest BCUT2D eigenvalue weighted by Crippen LogP contribution is -2.25. The monoisotopic (exact) mass is 377 g/mol. The zero-order valence-corrected chi connectivity index (χ0v) is 17.0. The van der Waals surface area contributed by atoms with Gasteiger partial charge in [-0.25, -0.2) is 0 Å². The van der Waals surface area contributed by atoms with E-state index in [9.17, 15) is 4.79 Å².